The summed E-state index contributed by atoms with van der Waals surface area (Å²) >= 11 is 0. The minimum absolute atomic E-state index is 0.889. The number of rotatable bonds is 1. The fraction of sp³-hybridized carbons (Fsp3) is 0.818. The van der Waals surface area contributed by atoms with Crippen molar-refractivity contribution >= 4 is 0 Å². The molecule has 2 bridgehead atoms. The highest BCUT2D eigenvalue weighted by molar-refractivity contribution is 5.09. The van der Waals surface area contributed by atoms with Crippen molar-refractivity contribution in [3.05, 3.63) is 12.2 Å². The van der Waals surface area contributed by atoms with E-state index in [1.54, 1.807) is 0 Å². The molecule has 0 heteroatoms. The summed E-state index contributed by atoms with van der Waals surface area (Å²) in [6.07, 6.45) is 9.32. The molecular formula is C11H18. The van der Waals surface area contributed by atoms with Gasteiger partial charge in [0, 0.05) is 0 Å². The van der Waals surface area contributed by atoms with Gasteiger partial charge < -0.3 is 0 Å². The molecule has 62 valence electrons. The SMILES string of the molecule is CC(C)C1C2C=CC1CCC2. The summed E-state index contributed by atoms with van der Waals surface area (Å²) < 4.78 is 0. The van der Waals surface area contributed by atoms with Crippen LogP contribution in [0.2, 0.25) is 0 Å². The Morgan fingerprint density at radius 3 is 2.00 bits per heavy atom. The molecule has 0 radical (unpaired) electrons. The number of hydrogen-bond donors (Lipinski definition) is 0. The van der Waals surface area contributed by atoms with E-state index in [-0.39, 0.29) is 0 Å². The van der Waals surface area contributed by atoms with Crippen LogP contribution in [0.3, 0.4) is 0 Å². The molecule has 2 unspecified atom stereocenters. The van der Waals surface area contributed by atoms with Crippen LogP contribution in [0.1, 0.15) is 33.1 Å². The fourth-order valence-electron chi connectivity index (χ4n) is 3.01. The standard InChI is InChI=1S/C11H18/c1-8(2)11-9-4-3-5-10(11)7-6-9/h6-11H,3-5H2,1-2H3. The van der Waals surface area contributed by atoms with Crippen molar-refractivity contribution in [2.75, 3.05) is 0 Å². The minimum atomic E-state index is 0.889. The van der Waals surface area contributed by atoms with E-state index in [1.807, 2.05) is 0 Å². The Labute approximate surface area is 69.7 Å². The van der Waals surface area contributed by atoms with Gasteiger partial charge in [0.25, 0.3) is 0 Å². The van der Waals surface area contributed by atoms with Gasteiger partial charge in [0.05, 0.1) is 0 Å². The summed E-state index contributed by atoms with van der Waals surface area (Å²) in [5.41, 5.74) is 0. The second-order valence-corrected chi connectivity index (χ2v) is 4.46. The van der Waals surface area contributed by atoms with E-state index in [0.29, 0.717) is 0 Å². The second-order valence-electron chi connectivity index (χ2n) is 4.46. The van der Waals surface area contributed by atoms with Crippen LogP contribution >= 0.6 is 0 Å². The van der Waals surface area contributed by atoms with E-state index in [9.17, 15) is 0 Å². The van der Waals surface area contributed by atoms with Crippen LogP contribution in [0.4, 0.5) is 0 Å². The van der Waals surface area contributed by atoms with Crippen LogP contribution in [0, 0.1) is 23.7 Å². The van der Waals surface area contributed by atoms with E-state index >= 15 is 0 Å². The molecule has 2 atom stereocenters. The Kier molecular flexibility index (Phi) is 1.78. The molecule has 2 rings (SSSR count). The predicted molar refractivity (Wildman–Crippen MR) is 48.3 cm³/mol. The van der Waals surface area contributed by atoms with Gasteiger partial charge >= 0.3 is 0 Å². The molecule has 0 N–H and O–H groups in total. The van der Waals surface area contributed by atoms with E-state index < -0.39 is 0 Å². The van der Waals surface area contributed by atoms with Crippen molar-refractivity contribution in [1.29, 1.82) is 0 Å². The molecular weight excluding hydrogens is 132 g/mol. The molecule has 0 amide bonds. The molecule has 0 nitrogen and oxygen atoms in total. The van der Waals surface area contributed by atoms with Gasteiger partial charge in [0.1, 0.15) is 0 Å². The first-order chi connectivity index (χ1) is 5.29. The van der Waals surface area contributed by atoms with Crippen molar-refractivity contribution in [3.8, 4) is 0 Å². The maximum Gasteiger partial charge on any atom is -0.0197 e. The van der Waals surface area contributed by atoms with Crippen LogP contribution < -0.4 is 0 Å². The van der Waals surface area contributed by atoms with Gasteiger partial charge in [0.15, 0.2) is 0 Å². The molecule has 1 saturated carbocycles. The highest BCUT2D eigenvalue weighted by atomic mass is 14.4. The van der Waals surface area contributed by atoms with Crippen LogP contribution in [0.25, 0.3) is 0 Å². The first-order valence-electron chi connectivity index (χ1n) is 4.97. The third-order valence-electron chi connectivity index (χ3n) is 3.44. The zero-order valence-electron chi connectivity index (χ0n) is 7.59. The van der Waals surface area contributed by atoms with Gasteiger partial charge in [-0.05, 0) is 36.5 Å². The molecule has 0 aliphatic heterocycles. The van der Waals surface area contributed by atoms with Gasteiger partial charge in [-0.1, -0.05) is 32.4 Å². The summed E-state index contributed by atoms with van der Waals surface area (Å²) in [5.74, 6) is 3.76. The van der Waals surface area contributed by atoms with Crippen molar-refractivity contribution in [3.63, 3.8) is 0 Å². The molecule has 1 fully saturated rings. The lowest BCUT2D eigenvalue weighted by molar-refractivity contribution is 0.187. The van der Waals surface area contributed by atoms with Crippen molar-refractivity contribution < 1.29 is 0 Å². The molecule has 0 aromatic heterocycles. The lowest BCUT2D eigenvalue weighted by atomic mass is 9.72. The first-order valence-corrected chi connectivity index (χ1v) is 4.97. The highest BCUT2D eigenvalue weighted by Gasteiger charge is 2.36. The van der Waals surface area contributed by atoms with Crippen molar-refractivity contribution in [1.82, 2.24) is 0 Å². The first kappa shape index (κ1) is 7.39. The fourth-order valence-corrected chi connectivity index (χ4v) is 3.01. The number of allylic oxidation sites excluding steroid dienone is 2. The molecule has 11 heavy (non-hydrogen) atoms. The lowest BCUT2D eigenvalue weighted by Crippen LogP contribution is -2.25. The Morgan fingerprint density at radius 2 is 1.64 bits per heavy atom. The number of hydrogen-bond acceptors (Lipinski definition) is 0. The number of fused-ring (bicyclic) bond motifs is 2. The third-order valence-corrected chi connectivity index (χ3v) is 3.44. The van der Waals surface area contributed by atoms with Crippen LogP contribution in [0.15, 0.2) is 12.2 Å². The highest BCUT2D eigenvalue weighted by Crippen LogP contribution is 2.45. The van der Waals surface area contributed by atoms with Crippen LogP contribution in [-0.2, 0) is 0 Å². The summed E-state index contributed by atoms with van der Waals surface area (Å²) in [4.78, 5) is 0. The van der Waals surface area contributed by atoms with E-state index in [0.717, 1.165) is 23.7 Å². The summed E-state index contributed by atoms with van der Waals surface area (Å²) in [5, 5.41) is 0. The Hall–Kier alpha value is -0.260. The topological polar surface area (TPSA) is 0 Å². The Balaban J connectivity index is 2.13. The summed E-state index contributed by atoms with van der Waals surface area (Å²) in [6.45, 7) is 4.76. The molecule has 0 saturated heterocycles. The Bertz CT molecular complexity index is 153. The quantitative estimate of drug-likeness (QED) is 0.503. The molecule has 0 aromatic carbocycles. The van der Waals surface area contributed by atoms with Gasteiger partial charge in [0.2, 0.25) is 0 Å². The molecule has 2 aliphatic rings. The maximum atomic E-state index is 2.47. The lowest BCUT2D eigenvalue weighted by Gasteiger charge is -2.33. The van der Waals surface area contributed by atoms with Gasteiger partial charge in [-0.3, -0.25) is 0 Å². The Morgan fingerprint density at radius 1 is 1.09 bits per heavy atom. The van der Waals surface area contributed by atoms with Crippen molar-refractivity contribution in [2.45, 2.75) is 33.1 Å². The monoisotopic (exact) mass is 150 g/mol. The van der Waals surface area contributed by atoms with Crippen LogP contribution in [-0.4, -0.2) is 0 Å². The summed E-state index contributed by atoms with van der Waals surface area (Å²) in [6, 6.07) is 0. The van der Waals surface area contributed by atoms with Crippen LogP contribution in [0.5, 0.6) is 0 Å². The van der Waals surface area contributed by atoms with E-state index in [4.69, 9.17) is 0 Å². The van der Waals surface area contributed by atoms with E-state index in [1.165, 1.54) is 19.3 Å². The maximum absolute atomic E-state index is 2.47. The predicted octanol–water partition coefficient (Wildman–Crippen LogP) is 3.24. The molecule has 0 spiro atoms. The van der Waals surface area contributed by atoms with Crippen molar-refractivity contribution in [2.24, 2.45) is 23.7 Å². The normalized spacial score (nSPS) is 41.9. The molecule has 0 heterocycles. The van der Waals surface area contributed by atoms with E-state index in [2.05, 4.69) is 26.0 Å². The van der Waals surface area contributed by atoms with Gasteiger partial charge in [-0.2, -0.15) is 0 Å². The minimum Gasteiger partial charge on any atom is -0.0848 e. The van der Waals surface area contributed by atoms with Gasteiger partial charge in [-0.25, -0.2) is 0 Å². The largest absolute Gasteiger partial charge is 0.0848 e. The zero-order valence-corrected chi connectivity index (χ0v) is 7.59. The van der Waals surface area contributed by atoms with Gasteiger partial charge in [-0.15, -0.1) is 0 Å². The zero-order chi connectivity index (χ0) is 7.84. The smallest absolute Gasteiger partial charge is 0.0197 e. The summed E-state index contributed by atoms with van der Waals surface area (Å²) in [7, 11) is 0. The second kappa shape index (κ2) is 2.66. The average molecular weight is 150 g/mol. The average Bonchev–Trinajstić information content (AvgIpc) is 2.23. The molecule has 2 aliphatic carbocycles. The molecule has 0 aromatic rings. The third kappa shape index (κ3) is 1.13.